The number of halogens is 1. The molecule has 21 heavy (non-hydrogen) atoms. The topological polar surface area (TPSA) is 49.3 Å². The summed E-state index contributed by atoms with van der Waals surface area (Å²) in [4.78, 5) is 8.54. The first-order chi connectivity index (χ1) is 9.46. The van der Waals surface area contributed by atoms with E-state index in [9.17, 15) is 0 Å². The van der Waals surface area contributed by atoms with Crippen LogP contribution in [0.5, 0.6) is 0 Å². The van der Waals surface area contributed by atoms with Crippen LogP contribution in [0.25, 0.3) is 0 Å². The minimum absolute atomic E-state index is 0. The van der Waals surface area contributed by atoms with Crippen LogP contribution in [0.15, 0.2) is 23.3 Å². The van der Waals surface area contributed by atoms with E-state index >= 15 is 0 Å². The van der Waals surface area contributed by atoms with Crippen molar-refractivity contribution in [2.45, 2.75) is 31.9 Å². The van der Waals surface area contributed by atoms with E-state index in [4.69, 9.17) is 0 Å². The number of aromatic nitrogens is 1. The lowest BCUT2D eigenvalue weighted by molar-refractivity contribution is 0.664. The van der Waals surface area contributed by atoms with Crippen LogP contribution in [0.2, 0.25) is 0 Å². The largest absolute Gasteiger partial charge is 0.356 e. The van der Waals surface area contributed by atoms with Gasteiger partial charge in [-0.05, 0) is 45.1 Å². The standard InChI is InChI=1S/C15H26N4S.HI/c1-12-6-7-13(10-18-12)8-9-17-14(16-4)19-11-15(2,3)20-5;/h6-7,10H,8-9,11H2,1-5H3,(H2,16,17,19);1H. The molecule has 0 aliphatic carbocycles. The van der Waals surface area contributed by atoms with Gasteiger partial charge in [-0.1, -0.05) is 6.07 Å². The summed E-state index contributed by atoms with van der Waals surface area (Å²) in [5, 5.41) is 6.69. The zero-order chi connectivity index (χ0) is 15.0. The predicted molar refractivity (Wildman–Crippen MR) is 105 cm³/mol. The van der Waals surface area contributed by atoms with Gasteiger partial charge in [0.2, 0.25) is 0 Å². The van der Waals surface area contributed by atoms with Crippen molar-refractivity contribution in [1.82, 2.24) is 15.6 Å². The molecule has 120 valence electrons. The van der Waals surface area contributed by atoms with Crippen molar-refractivity contribution < 1.29 is 0 Å². The van der Waals surface area contributed by atoms with E-state index < -0.39 is 0 Å². The quantitative estimate of drug-likeness (QED) is 0.421. The third-order valence-corrected chi connectivity index (χ3v) is 4.39. The molecule has 0 aromatic carbocycles. The van der Waals surface area contributed by atoms with E-state index in [1.54, 1.807) is 7.05 Å². The maximum Gasteiger partial charge on any atom is 0.191 e. The maximum atomic E-state index is 4.30. The van der Waals surface area contributed by atoms with Crippen LogP contribution in [-0.4, -0.2) is 42.1 Å². The van der Waals surface area contributed by atoms with E-state index in [1.165, 1.54) is 5.56 Å². The highest BCUT2D eigenvalue weighted by atomic mass is 127. The molecule has 1 rings (SSSR count). The van der Waals surface area contributed by atoms with Crippen LogP contribution >= 0.6 is 35.7 Å². The van der Waals surface area contributed by atoms with E-state index in [0.29, 0.717) is 0 Å². The molecule has 0 aliphatic heterocycles. The average molecular weight is 422 g/mol. The number of thioether (sulfide) groups is 1. The molecule has 2 N–H and O–H groups in total. The van der Waals surface area contributed by atoms with Crippen LogP contribution in [0.3, 0.4) is 0 Å². The Balaban J connectivity index is 0.00000400. The smallest absolute Gasteiger partial charge is 0.191 e. The van der Waals surface area contributed by atoms with E-state index in [2.05, 4.69) is 46.8 Å². The Morgan fingerprint density at radius 3 is 2.57 bits per heavy atom. The number of nitrogens with one attached hydrogen (secondary N) is 2. The van der Waals surface area contributed by atoms with Gasteiger partial charge in [-0.25, -0.2) is 0 Å². The second kappa shape index (κ2) is 10.3. The first-order valence-corrected chi connectivity index (χ1v) is 8.10. The Bertz CT molecular complexity index is 432. The Morgan fingerprint density at radius 1 is 1.33 bits per heavy atom. The molecular formula is C15H27IN4S. The lowest BCUT2D eigenvalue weighted by atomic mass is 10.2. The molecule has 6 heteroatoms. The van der Waals surface area contributed by atoms with Crippen molar-refractivity contribution in [3.63, 3.8) is 0 Å². The number of hydrogen-bond acceptors (Lipinski definition) is 3. The highest BCUT2D eigenvalue weighted by Crippen LogP contribution is 2.19. The van der Waals surface area contributed by atoms with Crippen LogP contribution < -0.4 is 10.6 Å². The van der Waals surface area contributed by atoms with Crippen molar-refractivity contribution in [2.75, 3.05) is 26.4 Å². The van der Waals surface area contributed by atoms with Gasteiger partial charge in [-0.3, -0.25) is 9.98 Å². The van der Waals surface area contributed by atoms with Gasteiger partial charge in [-0.15, -0.1) is 24.0 Å². The average Bonchev–Trinajstić information content (AvgIpc) is 2.44. The highest BCUT2D eigenvalue weighted by molar-refractivity contribution is 14.0. The first kappa shape index (κ1) is 20.5. The molecular weight excluding hydrogens is 395 g/mol. The van der Waals surface area contributed by atoms with E-state index in [1.807, 2.05) is 30.9 Å². The molecule has 0 aliphatic rings. The van der Waals surface area contributed by atoms with Crippen molar-refractivity contribution in [1.29, 1.82) is 0 Å². The van der Waals surface area contributed by atoms with Crippen LogP contribution in [0.4, 0.5) is 0 Å². The van der Waals surface area contributed by atoms with E-state index in [0.717, 1.165) is 31.2 Å². The number of aryl methyl sites for hydroxylation is 1. The zero-order valence-corrected chi connectivity index (χ0v) is 16.7. The fourth-order valence-electron chi connectivity index (χ4n) is 1.56. The Morgan fingerprint density at radius 2 is 2.05 bits per heavy atom. The molecule has 4 nitrogen and oxygen atoms in total. The molecule has 1 aromatic heterocycles. The van der Waals surface area contributed by atoms with Crippen LogP contribution in [0, 0.1) is 6.92 Å². The van der Waals surface area contributed by atoms with Gasteiger partial charge in [0.25, 0.3) is 0 Å². The highest BCUT2D eigenvalue weighted by Gasteiger charge is 2.15. The fraction of sp³-hybridized carbons (Fsp3) is 0.600. The second-order valence-electron chi connectivity index (χ2n) is 5.37. The number of rotatable bonds is 6. The molecule has 0 amide bonds. The molecule has 1 heterocycles. The van der Waals surface area contributed by atoms with Crippen molar-refractivity contribution >= 4 is 41.7 Å². The van der Waals surface area contributed by atoms with Gasteiger partial charge in [0.05, 0.1) is 0 Å². The van der Waals surface area contributed by atoms with Crippen molar-refractivity contribution in [3.8, 4) is 0 Å². The van der Waals surface area contributed by atoms with Gasteiger partial charge >= 0.3 is 0 Å². The summed E-state index contributed by atoms with van der Waals surface area (Å²) in [7, 11) is 1.80. The van der Waals surface area contributed by atoms with Crippen LogP contribution in [-0.2, 0) is 6.42 Å². The molecule has 0 fully saturated rings. The molecule has 0 radical (unpaired) electrons. The Kier molecular flexibility index (Phi) is 10.0. The predicted octanol–water partition coefficient (Wildman–Crippen LogP) is 2.86. The van der Waals surface area contributed by atoms with E-state index in [-0.39, 0.29) is 28.7 Å². The lowest BCUT2D eigenvalue weighted by Crippen LogP contribution is -2.43. The monoisotopic (exact) mass is 422 g/mol. The van der Waals surface area contributed by atoms with Gasteiger partial charge in [-0.2, -0.15) is 11.8 Å². The van der Waals surface area contributed by atoms with Crippen LogP contribution in [0.1, 0.15) is 25.1 Å². The minimum Gasteiger partial charge on any atom is -0.356 e. The second-order valence-corrected chi connectivity index (χ2v) is 6.89. The molecule has 0 saturated heterocycles. The number of pyridine rings is 1. The van der Waals surface area contributed by atoms with Crippen molar-refractivity contribution in [3.05, 3.63) is 29.6 Å². The van der Waals surface area contributed by atoms with Gasteiger partial charge in [0.15, 0.2) is 5.96 Å². The van der Waals surface area contributed by atoms with Crippen molar-refractivity contribution in [2.24, 2.45) is 4.99 Å². The third kappa shape index (κ3) is 8.50. The zero-order valence-electron chi connectivity index (χ0n) is 13.6. The maximum absolute atomic E-state index is 4.30. The minimum atomic E-state index is 0. The summed E-state index contributed by atoms with van der Waals surface area (Å²) in [6, 6.07) is 4.17. The molecule has 0 bridgehead atoms. The summed E-state index contributed by atoms with van der Waals surface area (Å²) < 4.78 is 0.207. The fourth-order valence-corrected chi connectivity index (χ4v) is 1.78. The Hall–Kier alpha value is -0.500. The van der Waals surface area contributed by atoms with Gasteiger partial charge in [0.1, 0.15) is 0 Å². The van der Waals surface area contributed by atoms with Gasteiger partial charge < -0.3 is 10.6 Å². The first-order valence-electron chi connectivity index (χ1n) is 6.88. The molecule has 0 saturated carbocycles. The number of guanidine groups is 1. The molecule has 0 unspecified atom stereocenters. The number of aliphatic imine (C=N–C) groups is 1. The number of nitrogens with zero attached hydrogens (tertiary/aromatic N) is 2. The summed E-state index contributed by atoms with van der Waals surface area (Å²) in [5.41, 5.74) is 2.29. The summed E-state index contributed by atoms with van der Waals surface area (Å²) in [5.74, 6) is 0.854. The number of hydrogen-bond donors (Lipinski definition) is 2. The summed E-state index contributed by atoms with van der Waals surface area (Å²) in [6.07, 6.45) is 5.01. The summed E-state index contributed by atoms with van der Waals surface area (Å²) >= 11 is 1.85. The third-order valence-electron chi connectivity index (χ3n) is 3.14. The lowest BCUT2D eigenvalue weighted by Gasteiger charge is -2.23. The molecule has 0 atom stereocenters. The SMILES string of the molecule is CN=C(NCCc1ccc(C)nc1)NCC(C)(C)SC.I. The normalized spacial score (nSPS) is 11.8. The van der Waals surface area contributed by atoms with Gasteiger partial charge in [0, 0.05) is 36.8 Å². The molecule has 0 spiro atoms. The summed E-state index contributed by atoms with van der Waals surface area (Å²) in [6.45, 7) is 8.18. The Labute approximate surface area is 150 Å². The molecule has 1 aromatic rings.